The Hall–Kier alpha value is -1.97. The van der Waals surface area contributed by atoms with Gasteiger partial charge in [-0.05, 0) is 31.9 Å². The van der Waals surface area contributed by atoms with Crippen molar-refractivity contribution in [2.24, 2.45) is 0 Å². The van der Waals surface area contributed by atoms with Gasteiger partial charge in [-0.25, -0.2) is 4.39 Å². The zero-order valence-corrected chi connectivity index (χ0v) is 12.2. The molecule has 3 rings (SSSR count). The van der Waals surface area contributed by atoms with Gasteiger partial charge in [-0.15, -0.1) is 0 Å². The first kappa shape index (κ1) is 14.0. The molecular weight excluding hydrogens is 267 g/mol. The average Bonchev–Trinajstić information content (AvgIpc) is 2.94. The molecule has 2 aromatic rings. The Bertz CT molecular complexity index is 657. The third-order valence-electron chi connectivity index (χ3n) is 4.21. The highest BCUT2D eigenvalue weighted by atomic mass is 19.1. The van der Waals surface area contributed by atoms with E-state index in [4.69, 9.17) is 0 Å². The van der Waals surface area contributed by atoms with Crippen LogP contribution in [0.25, 0.3) is 11.3 Å². The van der Waals surface area contributed by atoms with E-state index < -0.39 is 0 Å². The summed E-state index contributed by atoms with van der Waals surface area (Å²) in [5.74, 6) is -0.336. The van der Waals surface area contributed by atoms with Gasteiger partial charge in [-0.2, -0.15) is 5.10 Å². The van der Waals surface area contributed by atoms with E-state index in [1.54, 1.807) is 18.3 Å². The molecule has 3 nitrogen and oxygen atoms in total. The van der Waals surface area contributed by atoms with E-state index in [2.05, 4.69) is 5.10 Å². The molecule has 1 aliphatic carbocycles. The number of benzene rings is 1. The summed E-state index contributed by atoms with van der Waals surface area (Å²) in [6.07, 6.45) is 8.33. The second kappa shape index (κ2) is 5.80. The molecule has 1 heterocycles. The van der Waals surface area contributed by atoms with Crippen molar-refractivity contribution in [3.8, 4) is 11.3 Å². The minimum Gasteiger partial charge on any atom is -0.298 e. The molecule has 21 heavy (non-hydrogen) atoms. The van der Waals surface area contributed by atoms with Crippen molar-refractivity contribution in [1.82, 2.24) is 9.78 Å². The van der Waals surface area contributed by atoms with Crippen molar-refractivity contribution in [2.75, 3.05) is 0 Å². The van der Waals surface area contributed by atoms with Gasteiger partial charge in [0, 0.05) is 11.8 Å². The van der Waals surface area contributed by atoms with Crippen LogP contribution in [0.15, 0.2) is 24.4 Å². The van der Waals surface area contributed by atoms with Crippen molar-refractivity contribution in [2.45, 2.75) is 45.1 Å². The zero-order valence-electron chi connectivity index (χ0n) is 12.2. The van der Waals surface area contributed by atoms with Gasteiger partial charge < -0.3 is 0 Å². The summed E-state index contributed by atoms with van der Waals surface area (Å²) in [6, 6.07) is 5.23. The molecule has 4 heteroatoms. The first-order valence-electron chi connectivity index (χ1n) is 7.50. The molecule has 0 unspecified atom stereocenters. The van der Waals surface area contributed by atoms with Gasteiger partial charge in [-0.1, -0.05) is 30.9 Å². The van der Waals surface area contributed by atoms with E-state index in [1.807, 2.05) is 11.6 Å². The van der Waals surface area contributed by atoms with Crippen LogP contribution in [0, 0.1) is 12.7 Å². The molecule has 0 saturated heterocycles. The smallest absolute Gasteiger partial charge is 0.153 e. The molecule has 0 N–H and O–H groups in total. The quantitative estimate of drug-likeness (QED) is 0.788. The van der Waals surface area contributed by atoms with E-state index in [0.717, 1.165) is 24.7 Å². The molecule has 0 atom stereocenters. The van der Waals surface area contributed by atoms with Gasteiger partial charge in [0.15, 0.2) is 6.29 Å². The van der Waals surface area contributed by atoms with E-state index in [9.17, 15) is 9.18 Å². The number of hydrogen-bond donors (Lipinski definition) is 0. The number of aromatic nitrogens is 2. The molecular formula is C17H19FN2O. The lowest BCUT2D eigenvalue weighted by Crippen LogP contribution is -2.13. The standard InChI is InChI=1S/C17H19FN2O/c1-12-7-8-16(18)15(9-12)17-13(11-21)10-20(19-17)14-5-3-2-4-6-14/h7-11,14H,2-6H2,1H3. The third kappa shape index (κ3) is 2.75. The number of halogens is 1. The Morgan fingerprint density at radius 2 is 2.05 bits per heavy atom. The maximum Gasteiger partial charge on any atom is 0.153 e. The lowest BCUT2D eigenvalue weighted by molar-refractivity contribution is 0.112. The predicted octanol–water partition coefficient (Wildman–Crippen LogP) is 4.32. The van der Waals surface area contributed by atoms with Crippen molar-refractivity contribution >= 4 is 6.29 Å². The molecule has 0 radical (unpaired) electrons. The highest BCUT2D eigenvalue weighted by Crippen LogP contribution is 2.31. The molecule has 1 aromatic carbocycles. The third-order valence-corrected chi connectivity index (χ3v) is 4.21. The second-order valence-electron chi connectivity index (χ2n) is 5.81. The van der Waals surface area contributed by atoms with Crippen LogP contribution in [-0.2, 0) is 0 Å². The molecule has 0 spiro atoms. The average molecular weight is 286 g/mol. The van der Waals surface area contributed by atoms with Gasteiger partial charge in [-0.3, -0.25) is 9.48 Å². The number of rotatable bonds is 3. The second-order valence-corrected chi connectivity index (χ2v) is 5.81. The summed E-state index contributed by atoms with van der Waals surface area (Å²) in [4.78, 5) is 11.3. The normalized spacial score (nSPS) is 16.1. The summed E-state index contributed by atoms with van der Waals surface area (Å²) in [7, 11) is 0. The molecule has 0 amide bonds. The maximum absolute atomic E-state index is 14.1. The highest BCUT2D eigenvalue weighted by Gasteiger charge is 2.20. The molecule has 1 aliphatic rings. The fourth-order valence-corrected chi connectivity index (χ4v) is 3.05. The summed E-state index contributed by atoms with van der Waals surface area (Å²) in [6.45, 7) is 1.90. The van der Waals surface area contributed by atoms with Crippen LogP contribution >= 0.6 is 0 Å². The van der Waals surface area contributed by atoms with Gasteiger partial charge in [0.25, 0.3) is 0 Å². The van der Waals surface area contributed by atoms with Crippen LogP contribution in [0.2, 0.25) is 0 Å². The lowest BCUT2D eigenvalue weighted by Gasteiger charge is -2.21. The van der Waals surface area contributed by atoms with Gasteiger partial charge >= 0.3 is 0 Å². The van der Waals surface area contributed by atoms with Crippen molar-refractivity contribution in [3.05, 3.63) is 41.3 Å². The summed E-state index contributed by atoms with van der Waals surface area (Å²) < 4.78 is 15.9. The Morgan fingerprint density at radius 3 is 2.76 bits per heavy atom. The summed E-state index contributed by atoms with van der Waals surface area (Å²) in [5, 5.41) is 4.52. The first-order valence-corrected chi connectivity index (χ1v) is 7.50. The van der Waals surface area contributed by atoms with Gasteiger partial charge in [0.2, 0.25) is 0 Å². The number of carbonyl (C=O) groups excluding carboxylic acids is 1. The monoisotopic (exact) mass is 286 g/mol. The number of nitrogens with zero attached hydrogens (tertiary/aromatic N) is 2. The fraction of sp³-hybridized carbons (Fsp3) is 0.412. The van der Waals surface area contributed by atoms with E-state index >= 15 is 0 Å². The Labute approximate surface area is 123 Å². The van der Waals surface area contributed by atoms with Gasteiger partial charge in [0.1, 0.15) is 11.5 Å². The lowest BCUT2D eigenvalue weighted by atomic mass is 9.96. The topological polar surface area (TPSA) is 34.9 Å². The van der Waals surface area contributed by atoms with Gasteiger partial charge in [0.05, 0.1) is 11.6 Å². The molecule has 0 aliphatic heterocycles. The Kier molecular flexibility index (Phi) is 3.86. The van der Waals surface area contributed by atoms with Crippen molar-refractivity contribution < 1.29 is 9.18 Å². The van der Waals surface area contributed by atoms with Crippen molar-refractivity contribution in [1.29, 1.82) is 0 Å². The number of aryl methyl sites for hydroxylation is 1. The minimum atomic E-state index is -0.336. The SMILES string of the molecule is Cc1ccc(F)c(-c2nn(C3CCCCC3)cc2C=O)c1. The van der Waals surface area contributed by atoms with Crippen LogP contribution in [-0.4, -0.2) is 16.1 Å². The van der Waals surface area contributed by atoms with Crippen LogP contribution in [0.3, 0.4) is 0 Å². The largest absolute Gasteiger partial charge is 0.298 e. The molecule has 1 fully saturated rings. The predicted molar refractivity (Wildman–Crippen MR) is 79.9 cm³/mol. The van der Waals surface area contributed by atoms with E-state index in [-0.39, 0.29) is 5.82 Å². The van der Waals surface area contributed by atoms with E-state index in [1.165, 1.54) is 25.3 Å². The van der Waals surface area contributed by atoms with Crippen LogP contribution in [0.1, 0.15) is 54.1 Å². The number of aldehydes is 1. The van der Waals surface area contributed by atoms with E-state index in [0.29, 0.717) is 22.9 Å². The zero-order chi connectivity index (χ0) is 14.8. The highest BCUT2D eigenvalue weighted by molar-refractivity contribution is 5.85. The summed E-state index contributed by atoms with van der Waals surface area (Å²) >= 11 is 0. The Balaban J connectivity index is 2.03. The minimum absolute atomic E-state index is 0.332. The maximum atomic E-state index is 14.1. The molecule has 110 valence electrons. The van der Waals surface area contributed by atoms with Crippen LogP contribution in [0.4, 0.5) is 4.39 Å². The molecule has 1 aromatic heterocycles. The number of carbonyl (C=O) groups is 1. The Morgan fingerprint density at radius 1 is 1.29 bits per heavy atom. The fourth-order valence-electron chi connectivity index (χ4n) is 3.05. The van der Waals surface area contributed by atoms with Crippen LogP contribution < -0.4 is 0 Å². The molecule has 1 saturated carbocycles. The van der Waals surface area contributed by atoms with Crippen molar-refractivity contribution in [3.63, 3.8) is 0 Å². The summed E-state index contributed by atoms with van der Waals surface area (Å²) in [5.41, 5.74) is 2.28. The van der Waals surface area contributed by atoms with Crippen LogP contribution in [0.5, 0.6) is 0 Å². The number of hydrogen-bond acceptors (Lipinski definition) is 2. The molecule has 0 bridgehead atoms. The first-order chi connectivity index (χ1) is 10.2.